The fraction of sp³-hybridized carbons (Fsp3) is 1.00. The van der Waals surface area contributed by atoms with E-state index in [1.165, 1.54) is 57.8 Å². The lowest BCUT2D eigenvalue weighted by Crippen LogP contribution is -2.41. The molecule has 1 aliphatic rings. The van der Waals surface area contributed by atoms with E-state index in [0.29, 0.717) is 12.0 Å². The van der Waals surface area contributed by atoms with Crippen LogP contribution in [0.4, 0.5) is 0 Å². The van der Waals surface area contributed by atoms with Crippen LogP contribution in [0.1, 0.15) is 71.6 Å². The topological polar surface area (TPSA) is 23.5 Å². The van der Waals surface area contributed by atoms with Gasteiger partial charge in [-0.25, -0.2) is 0 Å². The van der Waals surface area contributed by atoms with Crippen molar-refractivity contribution in [3.05, 3.63) is 0 Å². The fourth-order valence-electron chi connectivity index (χ4n) is 2.92. The van der Waals surface area contributed by atoms with Gasteiger partial charge < -0.3 is 5.21 Å². The second-order valence-electron chi connectivity index (χ2n) is 5.24. The Bertz CT molecular complexity index is 172. The van der Waals surface area contributed by atoms with E-state index in [2.05, 4.69) is 13.8 Å². The SMILES string of the molecule is CCCCCCC(CC)C1CCCCN1O. The normalized spacial score (nSPS) is 24.6. The highest BCUT2D eigenvalue weighted by Crippen LogP contribution is 2.27. The summed E-state index contributed by atoms with van der Waals surface area (Å²) in [4.78, 5) is 0. The zero-order valence-corrected chi connectivity index (χ0v) is 11.1. The molecule has 0 radical (unpaired) electrons. The molecule has 0 aromatic heterocycles. The molecular weight excluding hydrogens is 198 g/mol. The molecule has 1 fully saturated rings. The van der Waals surface area contributed by atoms with Gasteiger partial charge in [0.25, 0.3) is 0 Å². The number of unbranched alkanes of at least 4 members (excludes halogenated alkanes) is 3. The van der Waals surface area contributed by atoms with Crippen molar-refractivity contribution in [2.75, 3.05) is 6.54 Å². The average Bonchev–Trinajstić information content (AvgIpc) is 2.31. The van der Waals surface area contributed by atoms with Gasteiger partial charge in [0.15, 0.2) is 0 Å². The first kappa shape index (κ1) is 14.0. The molecule has 16 heavy (non-hydrogen) atoms. The lowest BCUT2D eigenvalue weighted by Gasteiger charge is -2.36. The Morgan fingerprint density at radius 3 is 2.62 bits per heavy atom. The summed E-state index contributed by atoms with van der Waals surface area (Å²) >= 11 is 0. The third-order valence-electron chi connectivity index (χ3n) is 4.02. The van der Waals surface area contributed by atoms with Gasteiger partial charge in [-0.2, -0.15) is 5.06 Å². The Labute approximate surface area is 101 Å². The van der Waals surface area contributed by atoms with E-state index in [4.69, 9.17) is 0 Å². The maximum Gasteiger partial charge on any atom is 0.0378 e. The second kappa shape index (κ2) is 8.08. The Morgan fingerprint density at radius 2 is 2.00 bits per heavy atom. The summed E-state index contributed by atoms with van der Waals surface area (Å²) in [6.45, 7) is 5.41. The third-order valence-corrected chi connectivity index (χ3v) is 4.02. The molecule has 0 bridgehead atoms. The molecule has 1 N–H and O–H groups in total. The lowest BCUT2D eigenvalue weighted by atomic mass is 9.86. The number of piperidine rings is 1. The molecule has 0 amide bonds. The van der Waals surface area contributed by atoms with Crippen LogP contribution in [0.15, 0.2) is 0 Å². The summed E-state index contributed by atoms with van der Waals surface area (Å²) in [5.74, 6) is 0.710. The summed E-state index contributed by atoms with van der Waals surface area (Å²) < 4.78 is 0. The predicted molar refractivity (Wildman–Crippen MR) is 68.7 cm³/mol. The van der Waals surface area contributed by atoms with E-state index >= 15 is 0 Å². The molecule has 96 valence electrons. The van der Waals surface area contributed by atoms with Crippen LogP contribution < -0.4 is 0 Å². The van der Waals surface area contributed by atoms with Gasteiger partial charge in [-0.15, -0.1) is 0 Å². The van der Waals surface area contributed by atoms with E-state index in [1.54, 1.807) is 5.06 Å². The zero-order chi connectivity index (χ0) is 11.8. The molecular formula is C14H29NO. The van der Waals surface area contributed by atoms with Gasteiger partial charge in [0.1, 0.15) is 0 Å². The van der Waals surface area contributed by atoms with Crippen LogP contribution in [0.25, 0.3) is 0 Å². The van der Waals surface area contributed by atoms with Crippen LogP contribution >= 0.6 is 0 Å². The van der Waals surface area contributed by atoms with Crippen LogP contribution in [0.3, 0.4) is 0 Å². The van der Waals surface area contributed by atoms with Crippen molar-refractivity contribution in [1.29, 1.82) is 0 Å². The number of hydrogen-bond donors (Lipinski definition) is 1. The van der Waals surface area contributed by atoms with Crippen LogP contribution in [-0.4, -0.2) is 22.9 Å². The minimum atomic E-state index is 0.445. The standard InChI is InChI=1S/C14H29NO/c1-3-5-6-7-10-13(4-2)14-11-8-9-12-15(14)16/h13-14,16H,3-12H2,1-2H3. The van der Waals surface area contributed by atoms with E-state index in [1.807, 2.05) is 0 Å². The fourth-order valence-corrected chi connectivity index (χ4v) is 2.92. The molecule has 0 aromatic rings. The molecule has 1 rings (SSSR count). The molecule has 1 saturated heterocycles. The van der Waals surface area contributed by atoms with Crippen LogP contribution in [0.5, 0.6) is 0 Å². The minimum Gasteiger partial charge on any atom is -0.314 e. The maximum atomic E-state index is 9.91. The highest BCUT2D eigenvalue weighted by Gasteiger charge is 2.27. The first-order chi connectivity index (χ1) is 7.79. The smallest absolute Gasteiger partial charge is 0.0378 e. The number of hydroxylamine groups is 2. The van der Waals surface area contributed by atoms with E-state index in [9.17, 15) is 5.21 Å². The largest absolute Gasteiger partial charge is 0.314 e. The first-order valence-corrected chi connectivity index (χ1v) is 7.25. The molecule has 2 atom stereocenters. The summed E-state index contributed by atoms with van der Waals surface area (Å²) in [5.41, 5.74) is 0. The summed E-state index contributed by atoms with van der Waals surface area (Å²) in [7, 11) is 0. The summed E-state index contributed by atoms with van der Waals surface area (Å²) in [6.07, 6.45) is 11.6. The molecule has 1 heterocycles. The van der Waals surface area contributed by atoms with Gasteiger partial charge in [0.2, 0.25) is 0 Å². The Hall–Kier alpha value is -0.0800. The number of rotatable bonds is 7. The highest BCUT2D eigenvalue weighted by atomic mass is 16.5. The number of nitrogens with zero attached hydrogens (tertiary/aromatic N) is 1. The quantitative estimate of drug-likeness (QED) is 0.658. The lowest BCUT2D eigenvalue weighted by molar-refractivity contribution is -0.158. The third kappa shape index (κ3) is 4.42. The second-order valence-corrected chi connectivity index (χ2v) is 5.24. The van der Waals surface area contributed by atoms with Crippen LogP contribution in [-0.2, 0) is 0 Å². The zero-order valence-electron chi connectivity index (χ0n) is 11.1. The van der Waals surface area contributed by atoms with Crippen LogP contribution in [0, 0.1) is 5.92 Å². The molecule has 1 aliphatic heterocycles. The van der Waals surface area contributed by atoms with Gasteiger partial charge in [-0.05, 0) is 25.2 Å². The van der Waals surface area contributed by atoms with Gasteiger partial charge in [-0.3, -0.25) is 0 Å². The van der Waals surface area contributed by atoms with E-state index in [-0.39, 0.29) is 0 Å². The van der Waals surface area contributed by atoms with E-state index < -0.39 is 0 Å². The first-order valence-electron chi connectivity index (χ1n) is 7.25. The van der Waals surface area contributed by atoms with Gasteiger partial charge in [0.05, 0.1) is 0 Å². The van der Waals surface area contributed by atoms with Gasteiger partial charge in [-0.1, -0.05) is 52.4 Å². The van der Waals surface area contributed by atoms with Gasteiger partial charge in [0, 0.05) is 12.6 Å². The average molecular weight is 227 g/mol. The van der Waals surface area contributed by atoms with Gasteiger partial charge >= 0.3 is 0 Å². The van der Waals surface area contributed by atoms with Crippen molar-refractivity contribution in [3.8, 4) is 0 Å². The summed E-state index contributed by atoms with van der Waals surface area (Å²) in [6, 6.07) is 0.445. The molecule has 2 heteroatoms. The molecule has 0 saturated carbocycles. The van der Waals surface area contributed by atoms with Crippen molar-refractivity contribution >= 4 is 0 Å². The minimum absolute atomic E-state index is 0.445. The molecule has 0 aromatic carbocycles. The molecule has 2 nitrogen and oxygen atoms in total. The maximum absolute atomic E-state index is 9.91. The Kier molecular flexibility index (Phi) is 7.06. The van der Waals surface area contributed by atoms with Crippen molar-refractivity contribution < 1.29 is 5.21 Å². The summed E-state index contributed by atoms with van der Waals surface area (Å²) in [5, 5.41) is 11.5. The van der Waals surface area contributed by atoms with Crippen molar-refractivity contribution in [2.24, 2.45) is 5.92 Å². The van der Waals surface area contributed by atoms with Crippen molar-refractivity contribution in [2.45, 2.75) is 77.7 Å². The van der Waals surface area contributed by atoms with E-state index in [0.717, 1.165) is 6.54 Å². The van der Waals surface area contributed by atoms with Crippen molar-refractivity contribution in [3.63, 3.8) is 0 Å². The molecule has 0 spiro atoms. The monoisotopic (exact) mass is 227 g/mol. The molecule has 2 unspecified atom stereocenters. The van der Waals surface area contributed by atoms with Crippen LogP contribution in [0.2, 0.25) is 0 Å². The molecule has 0 aliphatic carbocycles. The highest BCUT2D eigenvalue weighted by molar-refractivity contribution is 4.78. The Balaban J connectivity index is 2.28. The Morgan fingerprint density at radius 1 is 1.19 bits per heavy atom. The predicted octanol–water partition coefficient (Wildman–Crippen LogP) is 4.23. The van der Waals surface area contributed by atoms with Crippen molar-refractivity contribution in [1.82, 2.24) is 5.06 Å². The number of hydrogen-bond acceptors (Lipinski definition) is 2.